The summed E-state index contributed by atoms with van der Waals surface area (Å²) in [6, 6.07) is 1.37. The van der Waals surface area contributed by atoms with E-state index in [4.69, 9.17) is 9.94 Å². The normalized spacial score (nSPS) is 27.2. The minimum atomic E-state index is -4.93. The van der Waals surface area contributed by atoms with Crippen LogP contribution in [0, 0.1) is 0 Å². The third-order valence-electron chi connectivity index (χ3n) is 5.45. The predicted molar refractivity (Wildman–Crippen MR) is 96.3 cm³/mol. The van der Waals surface area contributed by atoms with Crippen LogP contribution in [0.15, 0.2) is 23.4 Å². The second kappa shape index (κ2) is 8.35. The van der Waals surface area contributed by atoms with Gasteiger partial charge in [-0.2, -0.15) is 26.3 Å². The van der Waals surface area contributed by atoms with Crippen LogP contribution in [0.25, 0.3) is 0 Å². The highest BCUT2D eigenvalue weighted by Crippen LogP contribution is 2.38. The van der Waals surface area contributed by atoms with E-state index in [0.717, 1.165) is 0 Å². The molecule has 2 rings (SSSR count). The molecule has 0 aromatic heterocycles. The van der Waals surface area contributed by atoms with Gasteiger partial charge in [-0.15, -0.1) is 0 Å². The molecule has 3 N–H and O–H groups in total. The molecule has 30 heavy (non-hydrogen) atoms. The van der Waals surface area contributed by atoms with Crippen molar-refractivity contribution < 1.29 is 41.4 Å². The van der Waals surface area contributed by atoms with Gasteiger partial charge in [0.25, 0.3) is 0 Å². The zero-order valence-corrected chi connectivity index (χ0v) is 16.7. The van der Waals surface area contributed by atoms with E-state index in [1.807, 2.05) is 0 Å². The molecule has 1 saturated heterocycles. The Morgan fingerprint density at radius 2 is 1.67 bits per heavy atom. The Balaban J connectivity index is 2.14. The Bertz CT molecular complexity index is 751. The molecule has 1 heterocycles. The summed E-state index contributed by atoms with van der Waals surface area (Å²) in [7, 11) is 0. The molecule has 0 bridgehead atoms. The van der Waals surface area contributed by atoms with E-state index >= 15 is 0 Å². The number of hydrogen-bond donors (Lipinski definition) is 3. The van der Waals surface area contributed by atoms with Crippen molar-refractivity contribution in [3.8, 4) is 0 Å². The van der Waals surface area contributed by atoms with Crippen molar-refractivity contribution in [1.82, 2.24) is 5.32 Å². The summed E-state index contributed by atoms with van der Waals surface area (Å²) < 4.78 is 83.8. The summed E-state index contributed by atoms with van der Waals surface area (Å²) in [6.45, 7) is 4.64. The molecule has 1 aromatic rings. The van der Waals surface area contributed by atoms with Gasteiger partial charge in [-0.05, 0) is 57.4 Å². The Kier molecular flexibility index (Phi) is 6.80. The van der Waals surface area contributed by atoms with Crippen molar-refractivity contribution in [2.24, 2.45) is 5.16 Å². The predicted octanol–water partition coefficient (Wildman–Crippen LogP) is 4.53. The molecule has 0 radical (unpaired) electrons. The van der Waals surface area contributed by atoms with Crippen molar-refractivity contribution >= 4 is 5.71 Å². The van der Waals surface area contributed by atoms with Crippen LogP contribution in [0.2, 0.25) is 0 Å². The lowest BCUT2D eigenvalue weighted by Gasteiger charge is -2.43. The molecule has 11 heteroatoms. The number of piperidine rings is 1. The number of aliphatic hydroxyl groups is 1. The third-order valence-corrected chi connectivity index (χ3v) is 5.45. The topological polar surface area (TPSA) is 74.1 Å². The first-order valence-corrected chi connectivity index (χ1v) is 9.17. The summed E-state index contributed by atoms with van der Waals surface area (Å²) in [5.74, 6) is 0. The summed E-state index contributed by atoms with van der Waals surface area (Å²) in [6.07, 6.45) is -10.3. The number of benzene rings is 1. The second-order valence-corrected chi connectivity index (χ2v) is 7.92. The van der Waals surface area contributed by atoms with Gasteiger partial charge >= 0.3 is 12.4 Å². The van der Waals surface area contributed by atoms with Crippen LogP contribution in [0.3, 0.4) is 0 Å². The van der Waals surface area contributed by atoms with Crippen LogP contribution in [-0.4, -0.2) is 40.3 Å². The second-order valence-electron chi connectivity index (χ2n) is 7.92. The lowest BCUT2D eigenvalue weighted by Crippen LogP contribution is -2.61. The van der Waals surface area contributed by atoms with Gasteiger partial charge < -0.3 is 20.4 Å². The number of halogens is 6. The zero-order valence-electron chi connectivity index (χ0n) is 16.7. The standard InChI is InChI=1S/C19H24F6N2O3/c1-11(13-6-14(18(20,21)22)8-15(7-13)19(23,24)25)30-10-16(3)4-5-17(28,9-26-16)12(2)27-29/h6-8,11,26,28-29H,4-5,9-10H2,1-3H3/b27-12-/t11-,16-,17?/m1/s1. The van der Waals surface area contributed by atoms with Gasteiger partial charge in [0.15, 0.2) is 0 Å². The van der Waals surface area contributed by atoms with Gasteiger partial charge in [0.2, 0.25) is 0 Å². The zero-order chi connectivity index (χ0) is 23.0. The summed E-state index contributed by atoms with van der Waals surface area (Å²) in [5, 5.41) is 25.4. The van der Waals surface area contributed by atoms with Crippen LogP contribution >= 0.6 is 0 Å². The molecule has 1 fully saturated rings. The lowest BCUT2D eigenvalue weighted by atomic mass is 9.81. The highest BCUT2D eigenvalue weighted by Gasteiger charge is 2.42. The molecule has 0 spiro atoms. The van der Waals surface area contributed by atoms with Crippen LogP contribution in [0.4, 0.5) is 26.3 Å². The number of nitrogens with zero attached hydrogens (tertiary/aromatic N) is 1. The van der Waals surface area contributed by atoms with Gasteiger partial charge in [-0.3, -0.25) is 0 Å². The smallest absolute Gasteiger partial charge is 0.411 e. The molecule has 1 unspecified atom stereocenters. The van der Waals surface area contributed by atoms with Crippen molar-refractivity contribution in [2.45, 2.75) is 63.2 Å². The first kappa shape index (κ1) is 24.4. The quantitative estimate of drug-likeness (QED) is 0.271. The van der Waals surface area contributed by atoms with Crippen molar-refractivity contribution in [2.75, 3.05) is 13.2 Å². The fraction of sp³-hybridized carbons (Fsp3) is 0.632. The summed E-state index contributed by atoms with van der Waals surface area (Å²) in [4.78, 5) is 0. The number of ether oxygens (including phenoxy) is 1. The Morgan fingerprint density at radius 3 is 2.07 bits per heavy atom. The number of oxime groups is 1. The number of rotatable bonds is 5. The van der Waals surface area contributed by atoms with Crippen LogP contribution < -0.4 is 5.32 Å². The van der Waals surface area contributed by atoms with Crippen molar-refractivity contribution in [3.63, 3.8) is 0 Å². The summed E-state index contributed by atoms with van der Waals surface area (Å²) >= 11 is 0. The van der Waals surface area contributed by atoms with Crippen LogP contribution in [-0.2, 0) is 17.1 Å². The first-order chi connectivity index (χ1) is 13.6. The Morgan fingerprint density at radius 1 is 1.13 bits per heavy atom. The maximum absolute atomic E-state index is 13.0. The van der Waals surface area contributed by atoms with E-state index < -0.39 is 40.7 Å². The summed E-state index contributed by atoms with van der Waals surface area (Å²) in [5.41, 5.74) is -4.92. The number of nitrogens with one attached hydrogen (secondary N) is 1. The minimum Gasteiger partial charge on any atom is -0.411 e. The highest BCUT2D eigenvalue weighted by molar-refractivity contribution is 5.90. The van der Waals surface area contributed by atoms with Gasteiger partial charge in [-0.25, -0.2) is 0 Å². The van der Waals surface area contributed by atoms with E-state index in [2.05, 4.69) is 10.5 Å². The van der Waals surface area contributed by atoms with Gasteiger partial charge in [-0.1, -0.05) is 5.16 Å². The molecule has 1 aromatic carbocycles. The van der Waals surface area contributed by atoms with Crippen LogP contribution in [0.5, 0.6) is 0 Å². The molecule has 0 amide bonds. The Hall–Kier alpha value is -1.85. The molecule has 0 aliphatic carbocycles. The van der Waals surface area contributed by atoms with Crippen molar-refractivity contribution in [1.29, 1.82) is 0 Å². The number of β-amino-alcohol motifs (C(OH)–C–C–N with tert-alkyl or cyclic N) is 1. The molecule has 5 nitrogen and oxygen atoms in total. The van der Waals surface area contributed by atoms with Gasteiger partial charge in [0.1, 0.15) is 5.60 Å². The van der Waals surface area contributed by atoms with E-state index in [1.165, 1.54) is 13.8 Å². The molecular weight excluding hydrogens is 418 g/mol. The van der Waals surface area contributed by atoms with E-state index in [-0.39, 0.29) is 36.9 Å². The third kappa shape index (κ3) is 5.64. The fourth-order valence-corrected chi connectivity index (χ4v) is 3.16. The van der Waals surface area contributed by atoms with Gasteiger partial charge in [0.05, 0.1) is 29.5 Å². The Labute approximate surface area is 169 Å². The average molecular weight is 442 g/mol. The van der Waals surface area contributed by atoms with Crippen molar-refractivity contribution in [3.05, 3.63) is 34.9 Å². The SMILES string of the molecule is C/C(=N/O)C1(O)CC[C@](C)(CO[C@H](C)c2cc(C(F)(F)F)cc(C(F)(F)F)c2)NC1. The minimum absolute atomic E-state index is 0.0167. The van der Waals surface area contributed by atoms with Crippen LogP contribution in [0.1, 0.15) is 56.4 Å². The maximum atomic E-state index is 13.0. The monoisotopic (exact) mass is 442 g/mol. The maximum Gasteiger partial charge on any atom is 0.416 e. The molecule has 1 aliphatic rings. The average Bonchev–Trinajstić information content (AvgIpc) is 2.66. The highest BCUT2D eigenvalue weighted by atomic mass is 19.4. The molecule has 1 aliphatic heterocycles. The number of hydrogen-bond acceptors (Lipinski definition) is 5. The number of alkyl halides is 6. The first-order valence-electron chi connectivity index (χ1n) is 9.17. The molecular formula is C19H24F6N2O3. The molecule has 170 valence electrons. The fourth-order valence-electron chi connectivity index (χ4n) is 3.16. The molecule has 0 saturated carbocycles. The molecule has 3 atom stereocenters. The lowest BCUT2D eigenvalue weighted by molar-refractivity contribution is -0.143. The largest absolute Gasteiger partial charge is 0.416 e. The van der Waals surface area contributed by atoms with Gasteiger partial charge in [0, 0.05) is 12.1 Å². The van der Waals surface area contributed by atoms with E-state index in [9.17, 15) is 31.4 Å². The van der Waals surface area contributed by atoms with E-state index in [0.29, 0.717) is 18.6 Å². The van der Waals surface area contributed by atoms with E-state index in [1.54, 1.807) is 6.92 Å².